The topological polar surface area (TPSA) is 87.2 Å². The molecule has 4 atom stereocenters. The number of amides is 1. The molecule has 2 fully saturated rings. The van der Waals surface area contributed by atoms with Crippen molar-refractivity contribution in [1.29, 1.82) is 0 Å². The Morgan fingerprint density at radius 1 is 1.24 bits per heavy atom. The van der Waals surface area contributed by atoms with Crippen LogP contribution >= 0.6 is 23.2 Å². The number of rotatable bonds is 6. The zero-order chi connectivity index (χ0) is 21.3. The maximum absolute atomic E-state index is 13.6. The summed E-state index contributed by atoms with van der Waals surface area (Å²) < 4.78 is 33.7. The molecule has 10 heteroatoms. The summed E-state index contributed by atoms with van der Waals surface area (Å²) in [5.74, 6) is -0.669. The minimum atomic E-state index is -4.06. The van der Waals surface area contributed by atoms with Crippen molar-refractivity contribution in [1.82, 2.24) is 9.21 Å². The highest BCUT2D eigenvalue weighted by Crippen LogP contribution is 2.39. The van der Waals surface area contributed by atoms with Crippen molar-refractivity contribution in [2.45, 2.75) is 49.3 Å². The molecule has 1 N–H and O–H groups in total. The van der Waals surface area contributed by atoms with Crippen molar-refractivity contribution >= 4 is 39.1 Å². The van der Waals surface area contributed by atoms with Gasteiger partial charge in [0.2, 0.25) is 15.9 Å². The van der Waals surface area contributed by atoms with E-state index in [9.17, 15) is 18.3 Å². The van der Waals surface area contributed by atoms with Gasteiger partial charge in [0.25, 0.3) is 0 Å². The Morgan fingerprint density at radius 2 is 1.90 bits per heavy atom. The second-order valence-electron chi connectivity index (χ2n) is 7.64. The number of benzene rings is 1. The first-order valence-corrected chi connectivity index (χ1v) is 11.8. The molecule has 2 saturated heterocycles. The summed E-state index contributed by atoms with van der Waals surface area (Å²) in [6.45, 7) is 2.61. The fourth-order valence-corrected chi connectivity index (χ4v) is 6.94. The van der Waals surface area contributed by atoms with Gasteiger partial charge in [0.15, 0.2) is 0 Å². The minimum Gasteiger partial charge on any atom is -0.393 e. The standard InChI is InChI=1S/C19H26Cl2N2O5S/c1-12(24)16-11-22(6-7-28-2)19(25)18-5-3-4-17(16)23(18)29(26,27)15-9-13(20)8-14(21)10-15/h8-10,12,16-18,24H,3-7,11H2,1-2H3/t12-,16+,17?,18?/m0/s1. The molecule has 2 bridgehead atoms. The first-order chi connectivity index (χ1) is 13.7. The van der Waals surface area contributed by atoms with E-state index in [0.717, 1.165) is 0 Å². The summed E-state index contributed by atoms with van der Waals surface area (Å²) in [5.41, 5.74) is 0. The number of hydrogen-bond acceptors (Lipinski definition) is 5. The maximum atomic E-state index is 13.6. The molecule has 2 unspecified atom stereocenters. The lowest BCUT2D eigenvalue weighted by atomic mass is 9.87. The van der Waals surface area contributed by atoms with Gasteiger partial charge in [-0.25, -0.2) is 8.42 Å². The highest BCUT2D eigenvalue weighted by atomic mass is 35.5. The zero-order valence-corrected chi connectivity index (χ0v) is 18.8. The lowest BCUT2D eigenvalue weighted by Gasteiger charge is -2.41. The highest BCUT2D eigenvalue weighted by Gasteiger charge is 2.51. The Hall–Kier alpha value is -0.900. The van der Waals surface area contributed by atoms with Gasteiger partial charge in [-0.05, 0) is 44.4 Å². The number of nitrogens with zero attached hydrogens (tertiary/aromatic N) is 2. The Kier molecular flexibility index (Phi) is 7.13. The van der Waals surface area contributed by atoms with Crippen molar-refractivity contribution in [3.8, 4) is 0 Å². The molecule has 2 aliphatic rings. The van der Waals surface area contributed by atoms with Crippen LogP contribution in [0.5, 0.6) is 0 Å². The number of aliphatic hydroxyl groups excluding tert-OH is 1. The molecule has 0 saturated carbocycles. The van der Waals surface area contributed by atoms with Crippen LogP contribution in [0.2, 0.25) is 10.0 Å². The van der Waals surface area contributed by atoms with Gasteiger partial charge in [-0.15, -0.1) is 0 Å². The smallest absolute Gasteiger partial charge is 0.244 e. The van der Waals surface area contributed by atoms with Gasteiger partial charge in [0.05, 0.1) is 17.6 Å². The average molecular weight is 465 g/mol. The Labute approximate surface area is 181 Å². The van der Waals surface area contributed by atoms with E-state index in [4.69, 9.17) is 27.9 Å². The van der Waals surface area contributed by atoms with E-state index in [1.54, 1.807) is 18.9 Å². The van der Waals surface area contributed by atoms with E-state index in [1.807, 2.05) is 0 Å². The molecule has 1 aromatic carbocycles. The van der Waals surface area contributed by atoms with Gasteiger partial charge in [-0.3, -0.25) is 4.79 Å². The molecule has 1 amide bonds. The summed E-state index contributed by atoms with van der Waals surface area (Å²) in [5, 5.41) is 10.9. The summed E-state index contributed by atoms with van der Waals surface area (Å²) in [4.78, 5) is 14.9. The molecule has 7 nitrogen and oxygen atoms in total. The maximum Gasteiger partial charge on any atom is 0.244 e. The monoisotopic (exact) mass is 464 g/mol. The van der Waals surface area contributed by atoms with E-state index in [0.29, 0.717) is 32.4 Å². The Morgan fingerprint density at radius 3 is 2.48 bits per heavy atom. The van der Waals surface area contributed by atoms with Gasteiger partial charge in [0.1, 0.15) is 6.04 Å². The largest absolute Gasteiger partial charge is 0.393 e. The highest BCUT2D eigenvalue weighted by molar-refractivity contribution is 7.89. The van der Waals surface area contributed by atoms with Crippen molar-refractivity contribution < 1.29 is 23.1 Å². The van der Waals surface area contributed by atoms with Gasteiger partial charge in [0, 0.05) is 42.2 Å². The lowest BCUT2D eigenvalue weighted by molar-refractivity contribution is -0.135. The van der Waals surface area contributed by atoms with Crippen LogP contribution < -0.4 is 0 Å². The molecule has 29 heavy (non-hydrogen) atoms. The molecule has 2 heterocycles. The van der Waals surface area contributed by atoms with Crippen LogP contribution in [-0.4, -0.2) is 73.6 Å². The van der Waals surface area contributed by atoms with Crippen LogP contribution in [0.1, 0.15) is 26.2 Å². The van der Waals surface area contributed by atoms with Crippen molar-refractivity contribution in [2.24, 2.45) is 5.92 Å². The van der Waals surface area contributed by atoms with Gasteiger partial charge >= 0.3 is 0 Å². The van der Waals surface area contributed by atoms with E-state index < -0.39 is 34.1 Å². The molecule has 3 rings (SSSR count). The number of fused-ring (bicyclic) bond motifs is 2. The number of carbonyl (C=O) groups is 1. The Balaban J connectivity index is 2.09. The van der Waals surface area contributed by atoms with Crippen molar-refractivity contribution in [3.05, 3.63) is 28.2 Å². The van der Waals surface area contributed by atoms with Crippen LogP contribution in [0.4, 0.5) is 0 Å². The van der Waals surface area contributed by atoms with Crippen LogP contribution in [-0.2, 0) is 19.6 Å². The van der Waals surface area contributed by atoms with E-state index in [-0.39, 0.29) is 27.4 Å². The molecular formula is C19H26Cl2N2O5S. The fourth-order valence-electron chi connectivity index (χ4n) is 4.34. The number of carbonyl (C=O) groups excluding carboxylic acids is 1. The SMILES string of the molecule is COCCN1C[C@H]([C@H](C)O)C2CCCC(C1=O)N2S(=O)(=O)c1cc(Cl)cc(Cl)c1. The number of hydrogen-bond donors (Lipinski definition) is 1. The molecule has 1 aromatic rings. The lowest BCUT2D eigenvalue weighted by Crippen LogP contribution is -2.55. The molecule has 0 spiro atoms. The van der Waals surface area contributed by atoms with E-state index in [2.05, 4.69) is 0 Å². The first-order valence-electron chi connectivity index (χ1n) is 9.62. The third-order valence-corrected chi connectivity index (χ3v) is 8.08. The second-order valence-corrected chi connectivity index (χ2v) is 10.4. The predicted molar refractivity (Wildman–Crippen MR) is 111 cm³/mol. The summed E-state index contributed by atoms with van der Waals surface area (Å²) in [6.07, 6.45) is 0.935. The van der Waals surface area contributed by atoms with Gasteiger partial charge < -0.3 is 14.7 Å². The number of sulfonamides is 1. The van der Waals surface area contributed by atoms with Gasteiger partial charge in [-0.2, -0.15) is 4.31 Å². The van der Waals surface area contributed by atoms with Crippen LogP contribution in [0, 0.1) is 5.92 Å². The molecule has 2 aliphatic heterocycles. The van der Waals surface area contributed by atoms with Gasteiger partial charge in [-0.1, -0.05) is 23.2 Å². The van der Waals surface area contributed by atoms with Crippen molar-refractivity contribution in [3.63, 3.8) is 0 Å². The predicted octanol–water partition coefficient (Wildman–Crippen LogP) is 2.39. The first kappa shape index (κ1) is 22.8. The van der Waals surface area contributed by atoms with Crippen molar-refractivity contribution in [2.75, 3.05) is 26.8 Å². The Bertz CT molecular complexity index is 844. The summed E-state index contributed by atoms with van der Waals surface area (Å²) >= 11 is 12.1. The van der Waals surface area contributed by atoms with Crippen LogP contribution in [0.15, 0.2) is 23.1 Å². The molecule has 0 radical (unpaired) electrons. The molecule has 0 aliphatic carbocycles. The quantitative estimate of drug-likeness (QED) is 0.697. The summed E-state index contributed by atoms with van der Waals surface area (Å²) in [7, 11) is -2.51. The molecular weight excluding hydrogens is 439 g/mol. The zero-order valence-electron chi connectivity index (χ0n) is 16.4. The minimum absolute atomic E-state index is 0.0469. The van der Waals surface area contributed by atoms with E-state index >= 15 is 0 Å². The normalized spacial score (nSPS) is 27.0. The summed E-state index contributed by atoms with van der Waals surface area (Å²) in [6, 6.07) is 2.83. The molecule has 0 aromatic heterocycles. The molecule has 162 valence electrons. The van der Waals surface area contributed by atoms with Crippen LogP contribution in [0.3, 0.4) is 0 Å². The number of piperidine rings is 1. The third-order valence-electron chi connectivity index (χ3n) is 5.73. The number of aliphatic hydroxyl groups is 1. The van der Waals surface area contributed by atoms with E-state index in [1.165, 1.54) is 22.5 Å². The fraction of sp³-hybridized carbons (Fsp3) is 0.632. The number of ether oxygens (including phenoxy) is 1. The number of methoxy groups -OCH3 is 1. The van der Waals surface area contributed by atoms with Crippen LogP contribution in [0.25, 0.3) is 0 Å². The second kappa shape index (κ2) is 9.08. The average Bonchev–Trinajstić information content (AvgIpc) is 2.72. The number of halogens is 2. The third kappa shape index (κ3) is 4.57.